The van der Waals surface area contributed by atoms with E-state index in [4.69, 9.17) is 17.3 Å². The van der Waals surface area contributed by atoms with Gasteiger partial charge < -0.3 is 5.73 Å². The smallest absolute Gasteiger partial charge is 0.0411 e. The molecule has 0 aliphatic rings. The van der Waals surface area contributed by atoms with Crippen molar-refractivity contribution < 1.29 is 0 Å². The van der Waals surface area contributed by atoms with Gasteiger partial charge in [-0.2, -0.15) is 0 Å². The Kier molecular flexibility index (Phi) is 5.09. The second kappa shape index (κ2) is 6.11. The summed E-state index contributed by atoms with van der Waals surface area (Å²) in [6.45, 7) is 7.79. The van der Waals surface area contributed by atoms with Gasteiger partial charge in [0.15, 0.2) is 0 Å². The quantitative estimate of drug-likeness (QED) is 0.836. The van der Waals surface area contributed by atoms with Crippen molar-refractivity contribution in [3.8, 4) is 0 Å². The summed E-state index contributed by atoms with van der Waals surface area (Å²) in [5.41, 5.74) is 8.02. The van der Waals surface area contributed by atoms with Crippen molar-refractivity contribution >= 4 is 11.6 Å². The van der Waals surface area contributed by atoms with Gasteiger partial charge in [0.2, 0.25) is 0 Å². The average Bonchev–Trinajstić information content (AvgIpc) is 2.15. The van der Waals surface area contributed by atoms with Gasteiger partial charge in [0.25, 0.3) is 0 Å². The molecule has 0 atom stereocenters. The zero-order valence-electron chi connectivity index (χ0n) is 9.46. The van der Waals surface area contributed by atoms with E-state index in [2.05, 4.69) is 24.8 Å². The molecule has 0 saturated heterocycles. The van der Waals surface area contributed by atoms with Crippen LogP contribution < -0.4 is 5.73 Å². The predicted octanol–water partition coefficient (Wildman–Crippen LogP) is 2.43. The third-order valence-electron chi connectivity index (χ3n) is 2.40. The third-order valence-corrected chi connectivity index (χ3v) is 2.62. The first kappa shape index (κ1) is 12.5. The van der Waals surface area contributed by atoms with Gasteiger partial charge in [-0.25, -0.2) is 0 Å². The number of hydrogen-bond acceptors (Lipinski definition) is 2. The highest BCUT2D eigenvalue weighted by molar-refractivity contribution is 6.30. The number of hydrogen-bond donors (Lipinski definition) is 1. The van der Waals surface area contributed by atoms with Crippen LogP contribution in [0.5, 0.6) is 0 Å². The van der Waals surface area contributed by atoms with Gasteiger partial charge in [0, 0.05) is 24.7 Å². The summed E-state index contributed by atoms with van der Waals surface area (Å²) in [6.07, 6.45) is 0. The van der Waals surface area contributed by atoms with Gasteiger partial charge in [-0.15, -0.1) is 0 Å². The van der Waals surface area contributed by atoms with Crippen LogP contribution in [-0.2, 0) is 6.54 Å². The zero-order chi connectivity index (χ0) is 11.3. The van der Waals surface area contributed by atoms with Crippen LogP contribution >= 0.6 is 11.6 Å². The molecule has 0 amide bonds. The fraction of sp³-hybridized carbons (Fsp3) is 0.500. The Morgan fingerprint density at radius 1 is 1.33 bits per heavy atom. The van der Waals surface area contributed by atoms with Gasteiger partial charge in [-0.3, -0.25) is 4.90 Å². The molecule has 2 N–H and O–H groups in total. The van der Waals surface area contributed by atoms with Crippen LogP contribution in [0.25, 0.3) is 0 Å². The lowest BCUT2D eigenvalue weighted by Gasteiger charge is -2.19. The summed E-state index contributed by atoms with van der Waals surface area (Å²) >= 11 is 6.01. The number of aryl methyl sites for hydroxylation is 1. The van der Waals surface area contributed by atoms with Crippen LogP contribution in [0.1, 0.15) is 18.1 Å². The summed E-state index contributed by atoms with van der Waals surface area (Å²) in [4.78, 5) is 2.31. The molecule has 0 aliphatic heterocycles. The second-order valence-electron chi connectivity index (χ2n) is 3.79. The van der Waals surface area contributed by atoms with Crippen LogP contribution in [0.2, 0.25) is 5.02 Å². The molecule has 2 nitrogen and oxygen atoms in total. The molecule has 0 radical (unpaired) electrons. The van der Waals surface area contributed by atoms with Gasteiger partial charge in [-0.05, 0) is 36.7 Å². The van der Waals surface area contributed by atoms with E-state index >= 15 is 0 Å². The molecule has 0 bridgehead atoms. The van der Waals surface area contributed by atoms with Crippen molar-refractivity contribution in [1.29, 1.82) is 0 Å². The highest BCUT2D eigenvalue weighted by Gasteiger charge is 2.03. The first-order chi connectivity index (χ1) is 7.15. The van der Waals surface area contributed by atoms with Gasteiger partial charge in [0.05, 0.1) is 0 Å². The first-order valence-electron chi connectivity index (χ1n) is 5.34. The Labute approximate surface area is 97.0 Å². The Bertz CT molecular complexity index is 292. The SMILES string of the molecule is CCN(CCN)Cc1cc(C)cc(Cl)c1. The molecule has 0 heterocycles. The van der Waals surface area contributed by atoms with Crippen molar-refractivity contribution in [2.75, 3.05) is 19.6 Å². The molecule has 0 spiro atoms. The van der Waals surface area contributed by atoms with E-state index in [-0.39, 0.29) is 0 Å². The molecule has 0 unspecified atom stereocenters. The number of benzene rings is 1. The van der Waals surface area contributed by atoms with Crippen molar-refractivity contribution in [1.82, 2.24) is 4.90 Å². The standard InChI is InChI=1S/C12H19ClN2/c1-3-15(5-4-14)9-11-6-10(2)7-12(13)8-11/h6-8H,3-5,9,14H2,1-2H3. The molecular formula is C12H19ClN2. The molecule has 1 aromatic carbocycles. The van der Waals surface area contributed by atoms with E-state index in [1.807, 2.05) is 12.1 Å². The normalized spacial score (nSPS) is 11.0. The first-order valence-corrected chi connectivity index (χ1v) is 5.72. The Morgan fingerprint density at radius 3 is 2.60 bits per heavy atom. The Morgan fingerprint density at radius 2 is 2.07 bits per heavy atom. The molecule has 1 rings (SSSR count). The second-order valence-corrected chi connectivity index (χ2v) is 4.23. The molecule has 84 valence electrons. The minimum absolute atomic E-state index is 0.702. The maximum atomic E-state index is 6.01. The van der Waals surface area contributed by atoms with Gasteiger partial charge in [0.1, 0.15) is 0 Å². The molecule has 1 aromatic rings. The maximum absolute atomic E-state index is 6.01. The summed E-state index contributed by atoms with van der Waals surface area (Å²) in [7, 11) is 0. The molecule has 0 saturated carbocycles. The lowest BCUT2D eigenvalue weighted by atomic mass is 10.1. The van der Waals surface area contributed by atoms with Crippen LogP contribution in [-0.4, -0.2) is 24.5 Å². The number of likely N-dealkylation sites (N-methyl/N-ethyl adjacent to an activating group) is 1. The van der Waals surface area contributed by atoms with Crippen molar-refractivity contribution in [3.05, 3.63) is 34.3 Å². The Hall–Kier alpha value is -0.570. The molecule has 0 aromatic heterocycles. The van der Waals surface area contributed by atoms with Gasteiger partial charge >= 0.3 is 0 Å². The lowest BCUT2D eigenvalue weighted by Crippen LogP contribution is -2.28. The monoisotopic (exact) mass is 226 g/mol. The average molecular weight is 227 g/mol. The van der Waals surface area contributed by atoms with E-state index in [0.29, 0.717) is 6.54 Å². The number of rotatable bonds is 5. The van der Waals surface area contributed by atoms with Gasteiger partial charge in [-0.1, -0.05) is 24.6 Å². The largest absolute Gasteiger partial charge is 0.329 e. The number of nitrogens with zero attached hydrogens (tertiary/aromatic N) is 1. The van der Waals surface area contributed by atoms with Crippen LogP contribution in [0.4, 0.5) is 0 Å². The zero-order valence-corrected chi connectivity index (χ0v) is 10.2. The van der Waals surface area contributed by atoms with Crippen LogP contribution in [0.15, 0.2) is 18.2 Å². The highest BCUT2D eigenvalue weighted by atomic mass is 35.5. The fourth-order valence-corrected chi connectivity index (χ4v) is 2.01. The van der Waals surface area contributed by atoms with Crippen molar-refractivity contribution in [2.24, 2.45) is 5.73 Å². The molecule has 3 heteroatoms. The molecular weight excluding hydrogens is 208 g/mol. The summed E-state index contributed by atoms with van der Waals surface area (Å²) in [5, 5.41) is 0.814. The number of nitrogens with two attached hydrogens (primary N) is 1. The maximum Gasteiger partial charge on any atom is 0.0411 e. The molecule has 0 fully saturated rings. The summed E-state index contributed by atoms with van der Waals surface area (Å²) in [5.74, 6) is 0. The molecule has 15 heavy (non-hydrogen) atoms. The Balaban J connectivity index is 2.69. The summed E-state index contributed by atoms with van der Waals surface area (Å²) in [6, 6.07) is 6.17. The highest BCUT2D eigenvalue weighted by Crippen LogP contribution is 2.15. The molecule has 0 aliphatic carbocycles. The fourth-order valence-electron chi connectivity index (χ4n) is 1.69. The van der Waals surface area contributed by atoms with Crippen LogP contribution in [0.3, 0.4) is 0 Å². The van der Waals surface area contributed by atoms with Crippen molar-refractivity contribution in [3.63, 3.8) is 0 Å². The van der Waals surface area contributed by atoms with Crippen LogP contribution in [0, 0.1) is 6.92 Å². The summed E-state index contributed by atoms with van der Waals surface area (Å²) < 4.78 is 0. The number of halogens is 1. The lowest BCUT2D eigenvalue weighted by molar-refractivity contribution is 0.288. The van der Waals surface area contributed by atoms with E-state index in [1.54, 1.807) is 0 Å². The van der Waals surface area contributed by atoms with E-state index < -0.39 is 0 Å². The topological polar surface area (TPSA) is 29.3 Å². The third kappa shape index (κ3) is 4.20. The van der Waals surface area contributed by atoms with E-state index in [0.717, 1.165) is 24.7 Å². The minimum Gasteiger partial charge on any atom is -0.329 e. The van der Waals surface area contributed by atoms with E-state index in [9.17, 15) is 0 Å². The predicted molar refractivity (Wildman–Crippen MR) is 66.2 cm³/mol. The van der Waals surface area contributed by atoms with Crippen molar-refractivity contribution in [2.45, 2.75) is 20.4 Å². The van der Waals surface area contributed by atoms with E-state index in [1.165, 1.54) is 11.1 Å². The minimum atomic E-state index is 0.702.